The standard InChI is InChI=1S/C60H53N3O/c64-58-25-12-11-22-53(58)60-62-59-52(23-13-24-57(59)63(60)56-31-28-44(35-42-16-9-10-17-42)36-54(56)47-20-5-2-6-21-47)50-37-49(45-18-3-1-4-19-45)38-51(39-50)55-40-48(32-33-61-55)46-29-26-43(27-30-46)34-41-14-7-8-15-41/h1-6,11-13,18-33,36-42,64H,7-10,14-17,34-35H2/i34D2,35D2. The lowest BCUT2D eigenvalue weighted by Gasteiger charge is -2.18. The van der Waals surface area contributed by atoms with Crippen LogP contribution >= 0.6 is 0 Å². The summed E-state index contributed by atoms with van der Waals surface area (Å²) in [6, 6.07) is 58.8. The molecule has 4 nitrogen and oxygen atoms in total. The molecule has 7 aromatic carbocycles. The van der Waals surface area contributed by atoms with E-state index in [1.54, 1.807) is 6.07 Å². The van der Waals surface area contributed by atoms with Crippen molar-refractivity contribution in [1.29, 1.82) is 0 Å². The Morgan fingerprint density at radius 3 is 1.83 bits per heavy atom. The van der Waals surface area contributed by atoms with Crippen LogP contribution in [0.25, 0.3) is 83.9 Å². The largest absolute Gasteiger partial charge is 0.507 e. The molecule has 2 aromatic heterocycles. The number of aromatic nitrogens is 3. The summed E-state index contributed by atoms with van der Waals surface area (Å²) in [7, 11) is 0. The number of pyridine rings is 1. The Morgan fingerprint density at radius 2 is 1.09 bits per heavy atom. The van der Waals surface area contributed by atoms with Crippen LogP contribution in [0.4, 0.5) is 0 Å². The van der Waals surface area contributed by atoms with Gasteiger partial charge >= 0.3 is 0 Å². The lowest BCUT2D eigenvalue weighted by molar-refractivity contribution is 0.477. The van der Waals surface area contributed by atoms with E-state index in [1.165, 1.54) is 0 Å². The van der Waals surface area contributed by atoms with Crippen LogP contribution in [0.3, 0.4) is 0 Å². The topological polar surface area (TPSA) is 50.9 Å². The molecule has 11 rings (SSSR count). The van der Waals surface area contributed by atoms with Gasteiger partial charge in [-0.25, -0.2) is 4.98 Å². The molecule has 0 saturated heterocycles. The Bertz CT molecular complexity index is 3260. The Morgan fingerprint density at radius 1 is 0.484 bits per heavy atom. The maximum absolute atomic E-state index is 11.5. The van der Waals surface area contributed by atoms with Crippen molar-refractivity contribution >= 4 is 11.0 Å². The summed E-state index contributed by atoms with van der Waals surface area (Å²) < 4.78 is 38.8. The van der Waals surface area contributed by atoms with Crippen LogP contribution in [0.2, 0.25) is 0 Å². The van der Waals surface area contributed by atoms with Gasteiger partial charge in [-0.1, -0.05) is 167 Å². The Labute approximate surface area is 382 Å². The molecule has 2 aliphatic rings. The van der Waals surface area contributed by atoms with Gasteiger partial charge in [-0.05, 0) is 130 Å². The highest BCUT2D eigenvalue weighted by Gasteiger charge is 2.24. The quantitative estimate of drug-likeness (QED) is 0.141. The molecule has 0 aliphatic heterocycles. The van der Waals surface area contributed by atoms with Gasteiger partial charge in [0.25, 0.3) is 0 Å². The number of para-hydroxylation sites is 2. The van der Waals surface area contributed by atoms with E-state index in [4.69, 9.17) is 12.7 Å². The van der Waals surface area contributed by atoms with Gasteiger partial charge < -0.3 is 5.11 Å². The molecule has 9 aromatic rings. The van der Waals surface area contributed by atoms with Crippen molar-refractivity contribution in [2.24, 2.45) is 11.8 Å². The number of phenolic OH excluding ortho intramolecular Hbond substituents is 1. The van der Waals surface area contributed by atoms with E-state index in [0.29, 0.717) is 17.0 Å². The number of phenols is 1. The molecule has 2 fully saturated rings. The molecule has 0 radical (unpaired) electrons. The molecule has 2 saturated carbocycles. The summed E-state index contributed by atoms with van der Waals surface area (Å²) in [6.45, 7) is 0. The van der Waals surface area contributed by atoms with Gasteiger partial charge in [0.2, 0.25) is 0 Å². The summed E-state index contributed by atoms with van der Waals surface area (Å²) in [5, 5.41) is 11.5. The highest BCUT2D eigenvalue weighted by molar-refractivity contribution is 5.98. The number of benzene rings is 7. The predicted molar refractivity (Wildman–Crippen MR) is 264 cm³/mol. The van der Waals surface area contributed by atoms with Crippen molar-refractivity contribution in [2.75, 3.05) is 0 Å². The van der Waals surface area contributed by atoms with Gasteiger partial charge in [0.05, 0.1) is 28.0 Å². The Balaban J connectivity index is 1.07. The average Bonchev–Trinajstić information content (AvgIpc) is 4.21. The number of nitrogens with zero attached hydrogens (tertiary/aromatic N) is 3. The molecular formula is C60H53N3O. The predicted octanol–water partition coefficient (Wildman–Crippen LogP) is 15.6. The van der Waals surface area contributed by atoms with Crippen molar-refractivity contribution in [2.45, 2.75) is 64.1 Å². The van der Waals surface area contributed by atoms with E-state index < -0.39 is 12.7 Å². The third-order valence-electron chi connectivity index (χ3n) is 13.2. The van der Waals surface area contributed by atoms with Crippen molar-refractivity contribution in [1.82, 2.24) is 14.5 Å². The number of fused-ring (bicyclic) bond motifs is 1. The average molecular weight is 836 g/mol. The molecule has 0 atom stereocenters. The van der Waals surface area contributed by atoms with Crippen LogP contribution in [0.15, 0.2) is 182 Å². The lowest BCUT2D eigenvalue weighted by atomic mass is 9.93. The van der Waals surface area contributed by atoms with Crippen LogP contribution in [0.1, 0.15) is 68.0 Å². The minimum atomic E-state index is -1.49. The van der Waals surface area contributed by atoms with E-state index in [0.717, 1.165) is 129 Å². The van der Waals surface area contributed by atoms with Gasteiger partial charge in [-0.15, -0.1) is 0 Å². The minimum absolute atomic E-state index is 0.0357. The lowest BCUT2D eigenvalue weighted by Crippen LogP contribution is -2.03. The minimum Gasteiger partial charge on any atom is -0.507 e. The van der Waals surface area contributed by atoms with Crippen molar-refractivity contribution in [3.63, 3.8) is 0 Å². The first-order chi connectivity index (χ1) is 33.1. The summed E-state index contributed by atoms with van der Waals surface area (Å²) in [5.41, 5.74) is 14.0. The molecule has 4 heteroatoms. The van der Waals surface area contributed by atoms with E-state index in [9.17, 15) is 7.85 Å². The first kappa shape index (κ1) is 35.4. The van der Waals surface area contributed by atoms with Crippen LogP contribution in [0, 0.1) is 11.8 Å². The van der Waals surface area contributed by atoms with Gasteiger partial charge in [-0.2, -0.15) is 0 Å². The normalized spacial score (nSPS) is 15.8. The summed E-state index contributed by atoms with van der Waals surface area (Å²) in [6.07, 6.45) is 6.94. The van der Waals surface area contributed by atoms with Crippen LogP contribution in [-0.4, -0.2) is 19.6 Å². The fourth-order valence-electron chi connectivity index (χ4n) is 9.96. The number of rotatable bonds is 11. The summed E-state index contributed by atoms with van der Waals surface area (Å²) in [4.78, 5) is 10.4. The molecule has 0 bridgehead atoms. The second-order valence-electron chi connectivity index (χ2n) is 17.5. The fourth-order valence-corrected chi connectivity index (χ4v) is 9.96. The summed E-state index contributed by atoms with van der Waals surface area (Å²) >= 11 is 0. The molecule has 64 heavy (non-hydrogen) atoms. The molecule has 2 heterocycles. The van der Waals surface area contributed by atoms with Crippen molar-refractivity contribution < 1.29 is 10.6 Å². The van der Waals surface area contributed by atoms with Crippen molar-refractivity contribution in [3.8, 4) is 78.6 Å². The first-order valence-electron chi connectivity index (χ1n) is 24.9. The zero-order chi connectivity index (χ0) is 46.4. The highest BCUT2D eigenvalue weighted by Crippen LogP contribution is 2.42. The second kappa shape index (κ2) is 17.6. The van der Waals surface area contributed by atoms with Crippen LogP contribution in [-0.2, 0) is 12.7 Å². The highest BCUT2D eigenvalue weighted by atomic mass is 16.3. The molecule has 2 aliphatic carbocycles. The van der Waals surface area contributed by atoms with E-state index in [2.05, 4.69) is 83.4 Å². The van der Waals surface area contributed by atoms with Gasteiger partial charge in [0, 0.05) is 28.4 Å². The number of imidazole rings is 1. The Hall–Kier alpha value is -7.04. The zero-order valence-corrected chi connectivity index (χ0v) is 35.9. The zero-order valence-electron chi connectivity index (χ0n) is 39.9. The first-order valence-corrected chi connectivity index (χ1v) is 22.9. The maximum atomic E-state index is 11.5. The van der Waals surface area contributed by atoms with E-state index in [-0.39, 0.29) is 17.6 Å². The van der Waals surface area contributed by atoms with Crippen LogP contribution < -0.4 is 0 Å². The molecule has 0 spiro atoms. The number of hydrogen-bond acceptors (Lipinski definition) is 3. The van der Waals surface area contributed by atoms with Gasteiger partial charge in [-0.3, -0.25) is 9.55 Å². The number of hydrogen-bond donors (Lipinski definition) is 1. The third-order valence-corrected chi connectivity index (χ3v) is 13.2. The molecule has 1 N–H and O–H groups in total. The Kier molecular flexibility index (Phi) is 9.75. The molecular weight excluding hydrogens is 779 g/mol. The molecule has 0 unspecified atom stereocenters. The number of aromatic hydroxyl groups is 1. The third kappa shape index (κ3) is 8.05. The van der Waals surface area contributed by atoms with Crippen LogP contribution in [0.5, 0.6) is 5.75 Å². The molecule has 0 amide bonds. The second-order valence-corrected chi connectivity index (χ2v) is 17.5. The monoisotopic (exact) mass is 835 g/mol. The van der Waals surface area contributed by atoms with Crippen molar-refractivity contribution in [3.05, 3.63) is 193 Å². The smallest absolute Gasteiger partial charge is 0.149 e. The van der Waals surface area contributed by atoms with E-state index in [1.807, 2.05) is 97.2 Å². The van der Waals surface area contributed by atoms with Gasteiger partial charge in [0.1, 0.15) is 11.6 Å². The fraction of sp³-hybridized carbons (Fsp3) is 0.200. The maximum Gasteiger partial charge on any atom is 0.149 e. The van der Waals surface area contributed by atoms with E-state index >= 15 is 0 Å². The van der Waals surface area contributed by atoms with Gasteiger partial charge in [0.15, 0.2) is 0 Å². The SMILES string of the molecule is [2H]C([2H])(c1ccc(-c2ccnc(-c3cc(-c4ccccc4)cc(-c4cccc5c4nc(-c4ccccc4O)n5-c4ccc(C([2H])([2H])C5CCCC5)cc4-c4ccccc4)c3)c2)cc1)C1CCCC1. The molecule has 314 valence electrons. The summed E-state index contributed by atoms with van der Waals surface area (Å²) in [5.74, 6) is 0.710.